The van der Waals surface area contributed by atoms with Gasteiger partial charge in [0, 0.05) is 37.8 Å². The van der Waals surface area contributed by atoms with Crippen molar-refractivity contribution in [1.29, 1.82) is 0 Å². The van der Waals surface area contributed by atoms with Crippen LogP contribution >= 0.6 is 0 Å². The average molecular weight is 428 g/mol. The normalized spacial score (nSPS) is 15.2. The molecule has 31 heavy (non-hydrogen) atoms. The molecule has 2 aromatic carbocycles. The number of hydrogen-bond acceptors (Lipinski definition) is 5. The molecule has 1 amide bonds. The maximum atomic E-state index is 13.9. The summed E-state index contributed by atoms with van der Waals surface area (Å²) in [7, 11) is 1.43. The molecule has 0 spiro atoms. The fraction of sp³-hybridized carbons (Fsp3) is 0.304. The average Bonchev–Trinajstić information content (AvgIpc) is 2.75. The standard InChI is InChI=1S/C23H22F2N2O4/c1-30-20-5-2-14(10-18(20)25)13-27-8-6-16(7-9-27)26-23(29)22-12-19(28)17-4-3-15(24)11-21(17)31-22/h2-5,10-12,16H,6-9,13H2,1H3,(H,26,29). The van der Waals surface area contributed by atoms with Crippen LogP contribution in [-0.2, 0) is 6.54 Å². The van der Waals surface area contributed by atoms with Crippen LogP contribution in [-0.4, -0.2) is 37.0 Å². The molecule has 4 rings (SSSR count). The molecule has 0 atom stereocenters. The Morgan fingerprint density at radius 3 is 2.65 bits per heavy atom. The summed E-state index contributed by atoms with van der Waals surface area (Å²) in [5.74, 6) is -1.36. The zero-order chi connectivity index (χ0) is 22.0. The first-order valence-corrected chi connectivity index (χ1v) is 10.0. The summed E-state index contributed by atoms with van der Waals surface area (Å²) < 4.78 is 37.7. The smallest absolute Gasteiger partial charge is 0.287 e. The zero-order valence-corrected chi connectivity index (χ0v) is 17.0. The van der Waals surface area contributed by atoms with E-state index < -0.39 is 17.2 Å². The van der Waals surface area contributed by atoms with Gasteiger partial charge < -0.3 is 14.5 Å². The first-order chi connectivity index (χ1) is 14.9. The molecule has 2 heterocycles. The molecule has 0 radical (unpaired) electrons. The molecule has 6 nitrogen and oxygen atoms in total. The Bertz CT molecular complexity index is 1170. The number of rotatable bonds is 5. The third-order valence-electron chi connectivity index (χ3n) is 5.46. The number of carbonyl (C=O) groups is 1. The molecule has 162 valence electrons. The van der Waals surface area contributed by atoms with Crippen molar-refractivity contribution >= 4 is 16.9 Å². The Morgan fingerprint density at radius 2 is 1.94 bits per heavy atom. The minimum atomic E-state index is -0.544. The summed E-state index contributed by atoms with van der Waals surface area (Å²) in [4.78, 5) is 26.9. The lowest BCUT2D eigenvalue weighted by molar-refractivity contribution is 0.0881. The van der Waals surface area contributed by atoms with Crippen LogP contribution in [0, 0.1) is 11.6 Å². The number of ether oxygens (including phenoxy) is 1. The van der Waals surface area contributed by atoms with Crippen molar-refractivity contribution in [2.24, 2.45) is 0 Å². The number of fused-ring (bicyclic) bond motifs is 1. The number of nitrogens with zero attached hydrogens (tertiary/aromatic N) is 1. The Hall–Kier alpha value is -3.26. The predicted molar refractivity (Wildman–Crippen MR) is 111 cm³/mol. The lowest BCUT2D eigenvalue weighted by atomic mass is 10.0. The van der Waals surface area contributed by atoms with Gasteiger partial charge in [0.25, 0.3) is 5.91 Å². The molecule has 0 bridgehead atoms. The highest BCUT2D eigenvalue weighted by Gasteiger charge is 2.23. The predicted octanol–water partition coefficient (Wildman–Crippen LogP) is 3.47. The largest absolute Gasteiger partial charge is 0.494 e. The first kappa shape index (κ1) is 21.0. The Morgan fingerprint density at radius 1 is 1.16 bits per heavy atom. The lowest BCUT2D eigenvalue weighted by Crippen LogP contribution is -2.44. The van der Waals surface area contributed by atoms with E-state index in [1.165, 1.54) is 25.3 Å². The summed E-state index contributed by atoms with van der Waals surface area (Å²) in [6.07, 6.45) is 1.41. The van der Waals surface area contributed by atoms with E-state index in [1.54, 1.807) is 6.07 Å². The van der Waals surface area contributed by atoms with E-state index in [4.69, 9.17) is 9.15 Å². The molecule has 0 saturated carbocycles. The number of halogens is 2. The van der Waals surface area contributed by atoms with Gasteiger partial charge in [-0.15, -0.1) is 0 Å². The van der Waals surface area contributed by atoms with Gasteiger partial charge in [-0.05, 0) is 42.7 Å². The SMILES string of the molecule is COc1ccc(CN2CCC(NC(=O)c3cc(=O)c4ccc(F)cc4o3)CC2)cc1F. The van der Waals surface area contributed by atoms with Gasteiger partial charge in [-0.2, -0.15) is 0 Å². The van der Waals surface area contributed by atoms with Gasteiger partial charge in [-0.3, -0.25) is 14.5 Å². The second kappa shape index (κ2) is 8.85. The third-order valence-corrected chi connectivity index (χ3v) is 5.46. The van der Waals surface area contributed by atoms with E-state index in [0.29, 0.717) is 19.4 Å². The highest BCUT2D eigenvalue weighted by molar-refractivity contribution is 5.93. The van der Waals surface area contributed by atoms with Gasteiger partial charge in [-0.25, -0.2) is 8.78 Å². The number of carbonyl (C=O) groups excluding carboxylic acids is 1. The molecule has 1 N–H and O–H groups in total. The van der Waals surface area contributed by atoms with Crippen molar-refractivity contribution in [3.8, 4) is 5.75 Å². The number of nitrogens with one attached hydrogen (secondary N) is 1. The van der Waals surface area contributed by atoms with Gasteiger partial charge in [0.15, 0.2) is 22.8 Å². The molecule has 1 aliphatic rings. The Balaban J connectivity index is 1.35. The fourth-order valence-corrected chi connectivity index (χ4v) is 3.80. The fourth-order valence-electron chi connectivity index (χ4n) is 3.80. The van der Waals surface area contributed by atoms with Crippen LogP contribution in [0.3, 0.4) is 0 Å². The van der Waals surface area contributed by atoms with Crippen molar-refractivity contribution < 1.29 is 22.7 Å². The number of amides is 1. The molecule has 1 fully saturated rings. The molecule has 3 aromatic rings. The Labute approximate surface area is 177 Å². The van der Waals surface area contributed by atoms with E-state index in [9.17, 15) is 18.4 Å². The Kier molecular flexibility index (Phi) is 5.99. The molecule has 0 unspecified atom stereocenters. The molecule has 1 aliphatic heterocycles. The highest BCUT2D eigenvalue weighted by Crippen LogP contribution is 2.21. The van der Waals surface area contributed by atoms with Crippen molar-refractivity contribution in [1.82, 2.24) is 10.2 Å². The maximum Gasteiger partial charge on any atom is 0.287 e. The highest BCUT2D eigenvalue weighted by atomic mass is 19.1. The van der Waals surface area contributed by atoms with Crippen LogP contribution in [0.1, 0.15) is 29.0 Å². The quantitative estimate of drug-likeness (QED) is 0.674. The van der Waals surface area contributed by atoms with Gasteiger partial charge in [0.1, 0.15) is 11.4 Å². The number of methoxy groups -OCH3 is 1. The minimum absolute atomic E-state index is 0.0409. The van der Waals surface area contributed by atoms with E-state index >= 15 is 0 Å². The molecule has 1 saturated heterocycles. The van der Waals surface area contributed by atoms with E-state index in [2.05, 4.69) is 10.2 Å². The lowest BCUT2D eigenvalue weighted by Gasteiger charge is -2.32. The second-order valence-corrected chi connectivity index (χ2v) is 7.61. The van der Waals surface area contributed by atoms with Crippen molar-refractivity contribution in [2.75, 3.05) is 20.2 Å². The summed E-state index contributed by atoms with van der Waals surface area (Å²) >= 11 is 0. The van der Waals surface area contributed by atoms with E-state index in [0.717, 1.165) is 30.8 Å². The van der Waals surface area contributed by atoms with Crippen LogP contribution in [0.4, 0.5) is 8.78 Å². The number of likely N-dealkylation sites (tertiary alicyclic amines) is 1. The van der Waals surface area contributed by atoms with Gasteiger partial charge in [0.2, 0.25) is 0 Å². The van der Waals surface area contributed by atoms with Crippen molar-refractivity contribution in [3.05, 3.63) is 75.6 Å². The third kappa shape index (κ3) is 4.74. The van der Waals surface area contributed by atoms with E-state index in [1.807, 2.05) is 6.07 Å². The van der Waals surface area contributed by atoms with Gasteiger partial charge >= 0.3 is 0 Å². The van der Waals surface area contributed by atoms with E-state index in [-0.39, 0.29) is 34.3 Å². The summed E-state index contributed by atoms with van der Waals surface area (Å²) in [5.41, 5.74) is 0.498. The molecule has 1 aromatic heterocycles. The second-order valence-electron chi connectivity index (χ2n) is 7.61. The monoisotopic (exact) mass is 428 g/mol. The molecular formula is C23H22F2N2O4. The van der Waals surface area contributed by atoms with Crippen LogP contribution in [0.5, 0.6) is 5.75 Å². The van der Waals surface area contributed by atoms with Crippen molar-refractivity contribution in [3.63, 3.8) is 0 Å². The number of benzene rings is 2. The summed E-state index contributed by atoms with van der Waals surface area (Å²) in [6, 6.07) is 9.57. The summed E-state index contributed by atoms with van der Waals surface area (Å²) in [5, 5.41) is 3.11. The number of piperidine rings is 1. The minimum Gasteiger partial charge on any atom is -0.494 e. The molecule has 8 heteroatoms. The number of hydrogen-bond donors (Lipinski definition) is 1. The topological polar surface area (TPSA) is 71.8 Å². The van der Waals surface area contributed by atoms with Gasteiger partial charge in [-0.1, -0.05) is 6.07 Å². The van der Waals surface area contributed by atoms with Crippen LogP contribution in [0.2, 0.25) is 0 Å². The van der Waals surface area contributed by atoms with Crippen LogP contribution in [0.25, 0.3) is 11.0 Å². The van der Waals surface area contributed by atoms with Crippen LogP contribution in [0.15, 0.2) is 51.7 Å². The maximum absolute atomic E-state index is 13.9. The van der Waals surface area contributed by atoms with Crippen molar-refractivity contribution in [2.45, 2.75) is 25.4 Å². The van der Waals surface area contributed by atoms with Gasteiger partial charge in [0.05, 0.1) is 12.5 Å². The first-order valence-electron chi connectivity index (χ1n) is 10.0. The van der Waals surface area contributed by atoms with Crippen LogP contribution < -0.4 is 15.5 Å². The molecular weight excluding hydrogens is 406 g/mol. The summed E-state index contributed by atoms with van der Waals surface area (Å²) in [6.45, 7) is 2.06. The molecule has 0 aliphatic carbocycles. The zero-order valence-electron chi connectivity index (χ0n) is 17.0.